The number of halogens is 1. The Kier molecular flexibility index (Phi) is 3.77. The maximum atomic E-state index is 12.2. The van der Waals surface area contributed by atoms with Crippen LogP contribution < -0.4 is 0 Å². The molecule has 0 aliphatic carbocycles. The van der Waals surface area contributed by atoms with Gasteiger partial charge in [0.25, 0.3) is 5.91 Å². The van der Waals surface area contributed by atoms with Gasteiger partial charge in [0.1, 0.15) is 5.04 Å². The molecule has 0 saturated heterocycles. The highest BCUT2D eigenvalue weighted by molar-refractivity contribution is 9.10. The van der Waals surface area contributed by atoms with Gasteiger partial charge in [-0.1, -0.05) is 41.1 Å². The molecule has 106 valence electrons. The molecule has 2 heterocycles. The van der Waals surface area contributed by atoms with Crippen LogP contribution in [0.1, 0.15) is 18.9 Å². The molecule has 1 N–H and O–H groups in total. The fourth-order valence-electron chi connectivity index (χ4n) is 1.92. The van der Waals surface area contributed by atoms with Gasteiger partial charge in [-0.3, -0.25) is 10.2 Å². The lowest BCUT2D eigenvalue weighted by atomic mass is 10.1. The van der Waals surface area contributed by atoms with Crippen LogP contribution in [0.15, 0.2) is 44.4 Å². The Morgan fingerprint density at radius 1 is 1.43 bits per heavy atom. The number of hydrazone groups is 1. The van der Waals surface area contributed by atoms with Crippen molar-refractivity contribution < 1.29 is 4.79 Å². The van der Waals surface area contributed by atoms with E-state index < -0.39 is 5.91 Å². The number of amides is 1. The molecule has 1 aromatic rings. The second-order valence-electron chi connectivity index (χ2n) is 4.39. The standard InChI is InChI=1S/C14H11BrN4OS/c1-2-11-18-19-12(16)9(13(20)17-14(19)21-11)7-8-5-3-4-6-10(8)15/h3-7,16H,2H2,1H3. The molecule has 0 aromatic heterocycles. The molecule has 0 unspecified atom stereocenters. The van der Waals surface area contributed by atoms with Crippen molar-refractivity contribution in [3.05, 3.63) is 39.9 Å². The summed E-state index contributed by atoms with van der Waals surface area (Å²) in [6.45, 7) is 1.98. The Morgan fingerprint density at radius 3 is 2.90 bits per heavy atom. The largest absolute Gasteiger partial charge is 0.283 e. The smallest absolute Gasteiger partial charge is 0.282 e. The van der Waals surface area contributed by atoms with E-state index in [2.05, 4.69) is 26.0 Å². The molecular weight excluding hydrogens is 352 g/mol. The van der Waals surface area contributed by atoms with Crippen LogP contribution >= 0.6 is 27.7 Å². The summed E-state index contributed by atoms with van der Waals surface area (Å²) in [5, 5.41) is 15.3. The van der Waals surface area contributed by atoms with Gasteiger partial charge in [-0.25, -0.2) is 0 Å². The Morgan fingerprint density at radius 2 is 2.19 bits per heavy atom. The minimum Gasteiger partial charge on any atom is -0.282 e. The first kappa shape index (κ1) is 14.2. The first-order valence-electron chi connectivity index (χ1n) is 6.33. The number of fused-ring (bicyclic) bond motifs is 1. The van der Waals surface area contributed by atoms with Crippen LogP contribution in [0.5, 0.6) is 0 Å². The zero-order valence-electron chi connectivity index (χ0n) is 11.1. The number of aliphatic imine (C=N–C) groups is 1. The van der Waals surface area contributed by atoms with E-state index in [-0.39, 0.29) is 11.4 Å². The summed E-state index contributed by atoms with van der Waals surface area (Å²) >= 11 is 4.77. The van der Waals surface area contributed by atoms with Gasteiger partial charge in [-0.15, -0.1) is 0 Å². The number of hydrogen-bond acceptors (Lipinski definition) is 4. The molecule has 0 fully saturated rings. The summed E-state index contributed by atoms with van der Waals surface area (Å²) in [6.07, 6.45) is 2.42. The molecular formula is C14H11BrN4OS. The van der Waals surface area contributed by atoms with Crippen molar-refractivity contribution in [1.29, 1.82) is 5.41 Å². The number of hydrogen-bond donors (Lipinski definition) is 1. The van der Waals surface area contributed by atoms with Gasteiger partial charge in [-0.05, 0) is 35.9 Å². The Labute approximate surface area is 134 Å². The SMILES string of the molecule is CCC1=NN2C(=N)C(=Cc3ccccc3Br)C(=O)N=C2S1. The molecule has 0 bridgehead atoms. The molecule has 1 aromatic carbocycles. The van der Waals surface area contributed by atoms with Crippen molar-refractivity contribution in [3.8, 4) is 0 Å². The van der Waals surface area contributed by atoms with Crippen LogP contribution in [0.3, 0.4) is 0 Å². The van der Waals surface area contributed by atoms with Gasteiger partial charge in [-0.2, -0.15) is 15.1 Å². The van der Waals surface area contributed by atoms with Crippen LogP contribution in [-0.2, 0) is 4.79 Å². The molecule has 1 amide bonds. The predicted octanol–water partition coefficient (Wildman–Crippen LogP) is 3.48. The van der Waals surface area contributed by atoms with Crippen LogP contribution in [0.25, 0.3) is 6.08 Å². The minimum absolute atomic E-state index is 0.0664. The summed E-state index contributed by atoms with van der Waals surface area (Å²) in [5.74, 6) is -0.334. The maximum absolute atomic E-state index is 12.2. The number of nitrogens with zero attached hydrogens (tertiary/aromatic N) is 3. The van der Waals surface area contributed by atoms with Crippen molar-refractivity contribution >= 4 is 55.7 Å². The average Bonchev–Trinajstić information content (AvgIpc) is 2.88. The first-order valence-corrected chi connectivity index (χ1v) is 7.94. The molecule has 7 heteroatoms. The van der Waals surface area contributed by atoms with Crippen LogP contribution in [0.2, 0.25) is 0 Å². The second-order valence-corrected chi connectivity index (χ2v) is 6.28. The quantitative estimate of drug-likeness (QED) is 0.818. The topological polar surface area (TPSA) is 68.9 Å². The molecule has 0 saturated carbocycles. The third kappa shape index (κ3) is 2.58. The van der Waals surface area contributed by atoms with E-state index in [1.54, 1.807) is 6.08 Å². The zero-order valence-corrected chi connectivity index (χ0v) is 13.5. The van der Waals surface area contributed by atoms with Crippen molar-refractivity contribution in [3.63, 3.8) is 0 Å². The maximum Gasteiger partial charge on any atom is 0.283 e. The highest BCUT2D eigenvalue weighted by Gasteiger charge is 2.35. The van der Waals surface area contributed by atoms with Crippen LogP contribution in [-0.4, -0.2) is 27.0 Å². The van der Waals surface area contributed by atoms with Crippen LogP contribution in [0, 0.1) is 5.41 Å². The van der Waals surface area contributed by atoms with E-state index in [4.69, 9.17) is 5.41 Å². The number of rotatable bonds is 2. The fraction of sp³-hybridized carbons (Fsp3) is 0.143. The van der Waals surface area contributed by atoms with E-state index in [0.29, 0.717) is 5.17 Å². The van der Waals surface area contributed by atoms with Gasteiger partial charge >= 0.3 is 0 Å². The van der Waals surface area contributed by atoms with Crippen molar-refractivity contribution in [2.45, 2.75) is 13.3 Å². The summed E-state index contributed by atoms with van der Waals surface area (Å²) in [5.41, 5.74) is 1.07. The van der Waals surface area contributed by atoms with E-state index in [9.17, 15) is 4.79 Å². The van der Waals surface area contributed by atoms with Crippen molar-refractivity contribution in [2.24, 2.45) is 10.1 Å². The van der Waals surface area contributed by atoms with E-state index in [1.807, 2.05) is 31.2 Å². The highest BCUT2D eigenvalue weighted by Crippen LogP contribution is 2.29. The Bertz CT molecular complexity index is 738. The third-order valence-corrected chi connectivity index (χ3v) is 4.78. The minimum atomic E-state index is -0.401. The number of thioether (sulfide) groups is 1. The van der Waals surface area contributed by atoms with Crippen molar-refractivity contribution in [2.75, 3.05) is 0 Å². The number of nitrogens with one attached hydrogen (secondary N) is 1. The second kappa shape index (κ2) is 5.57. The average molecular weight is 363 g/mol. The van der Waals surface area contributed by atoms with Gasteiger partial charge in [0.15, 0.2) is 5.84 Å². The Hall–Kier alpha value is -1.73. The van der Waals surface area contributed by atoms with Crippen molar-refractivity contribution in [1.82, 2.24) is 5.01 Å². The molecule has 2 aliphatic heterocycles. The number of amidine groups is 2. The van der Waals surface area contributed by atoms with Gasteiger partial charge in [0, 0.05) is 4.47 Å². The molecule has 21 heavy (non-hydrogen) atoms. The summed E-state index contributed by atoms with van der Waals surface area (Å²) < 4.78 is 0.862. The number of benzene rings is 1. The lowest BCUT2D eigenvalue weighted by Crippen LogP contribution is -2.35. The molecule has 0 radical (unpaired) electrons. The van der Waals surface area contributed by atoms with E-state index >= 15 is 0 Å². The normalized spacial score (nSPS) is 19.7. The van der Waals surface area contributed by atoms with Gasteiger partial charge in [0.2, 0.25) is 5.17 Å². The molecule has 0 atom stereocenters. The monoisotopic (exact) mass is 362 g/mol. The molecule has 0 spiro atoms. The highest BCUT2D eigenvalue weighted by atomic mass is 79.9. The van der Waals surface area contributed by atoms with Crippen LogP contribution in [0.4, 0.5) is 0 Å². The van der Waals surface area contributed by atoms with Gasteiger partial charge in [0.05, 0.1) is 5.57 Å². The fourth-order valence-corrected chi connectivity index (χ4v) is 3.15. The number of carbonyl (C=O) groups excluding carboxylic acids is 1. The Balaban J connectivity index is 2.02. The summed E-state index contributed by atoms with van der Waals surface area (Å²) in [6, 6.07) is 7.53. The summed E-state index contributed by atoms with van der Waals surface area (Å²) in [4.78, 5) is 16.2. The zero-order chi connectivity index (χ0) is 15.0. The number of carbonyl (C=O) groups is 1. The predicted molar refractivity (Wildman–Crippen MR) is 89.4 cm³/mol. The first-order chi connectivity index (χ1) is 10.1. The van der Waals surface area contributed by atoms with E-state index in [1.165, 1.54) is 16.8 Å². The molecule has 2 aliphatic rings. The molecule has 5 nitrogen and oxygen atoms in total. The lowest BCUT2D eigenvalue weighted by molar-refractivity contribution is -0.114. The molecule has 3 rings (SSSR count). The lowest BCUT2D eigenvalue weighted by Gasteiger charge is -2.20. The van der Waals surface area contributed by atoms with Gasteiger partial charge < -0.3 is 0 Å². The summed E-state index contributed by atoms with van der Waals surface area (Å²) in [7, 11) is 0. The third-order valence-electron chi connectivity index (χ3n) is 3.00. The van der Waals surface area contributed by atoms with E-state index in [0.717, 1.165) is 21.5 Å².